The van der Waals surface area contributed by atoms with Crippen LogP contribution in [0.1, 0.15) is 59.3 Å². The van der Waals surface area contributed by atoms with Gasteiger partial charge in [-0.1, -0.05) is 23.2 Å². The third-order valence-corrected chi connectivity index (χ3v) is 5.35. The van der Waals surface area contributed by atoms with Crippen LogP contribution in [-0.2, 0) is 6.54 Å². The number of carbonyl (C=O) groups is 1. The smallest absolute Gasteiger partial charge is 0.251 e. The largest absolute Gasteiger partial charge is 0.350 e. The molecule has 126 valence electrons. The van der Waals surface area contributed by atoms with Crippen molar-refractivity contribution in [2.75, 3.05) is 6.54 Å². The van der Waals surface area contributed by atoms with Crippen LogP contribution in [-0.4, -0.2) is 22.2 Å². The monoisotopic (exact) mass is 363 g/mol. The average Bonchev–Trinajstić information content (AvgIpc) is 3.48. The lowest BCUT2D eigenvalue weighted by Crippen LogP contribution is -2.28. The zero-order valence-corrected chi connectivity index (χ0v) is 14.8. The lowest BCUT2D eigenvalue weighted by atomic mass is 10.2. The van der Waals surface area contributed by atoms with Crippen molar-refractivity contribution in [3.63, 3.8) is 0 Å². The van der Waals surface area contributed by atoms with Crippen LogP contribution < -0.4 is 5.32 Å². The molecule has 0 spiro atoms. The first-order valence-electron chi connectivity index (χ1n) is 8.42. The lowest BCUT2D eigenvalue weighted by Gasteiger charge is -2.09. The second-order valence-corrected chi connectivity index (χ2v) is 7.46. The lowest BCUT2D eigenvalue weighted by molar-refractivity contribution is 0.0952. The fraction of sp³-hybridized carbons (Fsp3) is 0.444. The Hall–Kier alpha value is -1.52. The molecule has 1 heterocycles. The van der Waals surface area contributed by atoms with Crippen LogP contribution in [0.5, 0.6) is 0 Å². The van der Waals surface area contributed by atoms with Gasteiger partial charge in [-0.25, -0.2) is 0 Å². The number of rotatable bonds is 6. The van der Waals surface area contributed by atoms with E-state index in [1.165, 1.54) is 37.1 Å². The van der Waals surface area contributed by atoms with Gasteiger partial charge in [0.05, 0.1) is 22.3 Å². The highest BCUT2D eigenvalue weighted by molar-refractivity contribution is 6.42. The first kappa shape index (κ1) is 16.0. The van der Waals surface area contributed by atoms with Crippen LogP contribution in [0.15, 0.2) is 24.3 Å². The van der Waals surface area contributed by atoms with Gasteiger partial charge in [-0.05, 0) is 49.9 Å². The number of amides is 1. The molecular weight excluding hydrogens is 345 g/mol. The summed E-state index contributed by atoms with van der Waals surface area (Å²) in [5, 5.41) is 8.53. The first-order valence-corrected chi connectivity index (χ1v) is 9.18. The Kier molecular flexibility index (Phi) is 4.27. The molecule has 0 unspecified atom stereocenters. The van der Waals surface area contributed by atoms with Gasteiger partial charge in [0.1, 0.15) is 0 Å². The molecule has 4 rings (SSSR count). The van der Waals surface area contributed by atoms with Crippen LogP contribution in [0.3, 0.4) is 0 Å². The molecule has 1 aromatic carbocycles. The number of benzene rings is 1. The van der Waals surface area contributed by atoms with Crippen LogP contribution in [0.25, 0.3) is 0 Å². The maximum atomic E-state index is 12.2. The molecular formula is C18H19Cl2N3O. The Morgan fingerprint density at radius 1 is 1.12 bits per heavy atom. The molecule has 2 aliphatic rings. The summed E-state index contributed by atoms with van der Waals surface area (Å²) in [5.74, 6) is 1.18. The Balaban J connectivity index is 1.38. The van der Waals surface area contributed by atoms with E-state index in [0.29, 0.717) is 40.5 Å². The minimum Gasteiger partial charge on any atom is -0.350 e. The SMILES string of the molecule is O=C(NCCn1nc(C2CC2)cc1C1CC1)c1ccc(Cl)c(Cl)c1. The summed E-state index contributed by atoms with van der Waals surface area (Å²) >= 11 is 11.8. The number of hydrogen-bond acceptors (Lipinski definition) is 2. The maximum absolute atomic E-state index is 12.2. The predicted octanol–water partition coefficient (Wildman–Crippen LogP) is 4.37. The molecule has 2 saturated carbocycles. The first-order chi connectivity index (χ1) is 11.6. The van der Waals surface area contributed by atoms with Crippen molar-refractivity contribution >= 4 is 29.1 Å². The summed E-state index contributed by atoms with van der Waals surface area (Å²) in [5.41, 5.74) is 3.08. The van der Waals surface area contributed by atoms with E-state index in [0.717, 1.165) is 0 Å². The zero-order chi connectivity index (χ0) is 16.7. The molecule has 0 radical (unpaired) electrons. The van der Waals surface area contributed by atoms with Crippen molar-refractivity contribution < 1.29 is 4.79 Å². The summed E-state index contributed by atoms with van der Waals surface area (Å²) in [6.07, 6.45) is 5.03. The molecule has 1 N–H and O–H groups in total. The predicted molar refractivity (Wildman–Crippen MR) is 95.0 cm³/mol. The number of nitrogens with zero attached hydrogens (tertiary/aromatic N) is 2. The van der Waals surface area contributed by atoms with Gasteiger partial charge in [0.2, 0.25) is 0 Å². The molecule has 0 saturated heterocycles. The molecule has 24 heavy (non-hydrogen) atoms. The summed E-state index contributed by atoms with van der Waals surface area (Å²) in [6.45, 7) is 1.25. The highest BCUT2D eigenvalue weighted by Gasteiger charge is 2.32. The standard InChI is InChI=1S/C18H19Cl2N3O/c19-14-6-5-13(9-15(14)20)18(24)21-7-8-23-17(12-3-4-12)10-16(22-23)11-1-2-11/h5-6,9-12H,1-4,7-8H2,(H,21,24). The quantitative estimate of drug-likeness (QED) is 0.827. The second kappa shape index (κ2) is 6.41. The summed E-state index contributed by atoms with van der Waals surface area (Å²) < 4.78 is 2.08. The Morgan fingerprint density at radius 2 is 1.88 bits per heavy atom. The zero-order valence-electron chi connectivity index (χ0n) is 13.3. The van der Waals surface area contributed by atoms with Gasteiger partial charge in [0, 0.05) is 29.6 Å². The van der Waals surface area contributed by atoms with Crippen LogP contribution in [0.2, 0.25) is 10.0 Å². The van der Waals surface area contributed by atoms with Crippen molar-refractivity contribution in [1.29, 1.82) is 0 Å². The minimum absolute atomic E-state index is 0.142. The fourth-order valence-corrected chi connectivity index (χ4v) is 3.23. The third kappa shape index (κ3) is 3.45. The van der Waals surface area contributed by atoms with E-state index in [1.54, 1.807) is 18.2 Å². The summed E-state index contributed by atoms with van der Waals surface area (Å²) in [6, 6.07) is 7.18. The molecule has 0 bridgehead atoms. The van der Waals surface area contributed by atoms with Crippen molar-refractivity contribution in [2.24, 2.45) is 0 Å². The Morgan fingerprint density at radius 3 is 2.54 bits per heavy atom. The normalized spacial score (nSPS) is 17.1. The van der Waals surface area contributed by atoms with Crippen molar-refractivity contribution in [1.82, 2.24) is 15.1 Å². The Bertz CT molecular complexity index is 779. The fourth-order valence-electron chi connectivity index (χ4n) is 2.93. The van der Waals surface area contributed by atoms with E-state index < -0.39 is 0 Å². The van der Waals surface area contributed by atoms with Crippen molar-refractivity contribution in [2.45, 2.75) is 44.1 Å². The van der Waals surface area contributed by atoms with E-state index in [1.807, 2.05) is 0 Å². The number of hydrogen-bond donors (Lipinski definition) is 1. The number of carbonyl (C=O) groups excluding carboxylic acids is 1. The van der Waals surface area contributed by atoms with Crippen molar-refractivity contribution in [3.05, 3.63) is 51.3 Å². The van der Waals surface area contributed by atoms with E-state index in [9.17, 15) is 4.79 Å². The molecule has 0 aliphatic heterocycles. The van der Waals surface area contributed by atoms with Gasteiger partial charge in [0.15, 0.2) is 0 Å². The maximum Gasteiger partial charge on any atom is 0.251 e. The second-order valence-electron chi connectivity index (χ2n) is 6.65. The molecule has 0 atom stereocenters. The van der Waals surface area contributed by atoms with Gasteiger partial charge >= 0.3 is 0 Å². The molecule has 2 aromatic rings. The highest BCUT2D eigenvalue weighted by atomic mass is 35.5. The van der Waals surface area contributed by atoms with E-state index in [-0.39, 0.29) is 5.91 Å². The van der Waals surface area contributed by atoms with E-state index in [4.69, 9.17) is 28.3 Å². The molecule has 1 aromatic heterocycles. The molecule has 2 fully saturated rings. The molecule has 4 nitrogen and oxygen atoms in total. The average molecular weight is 364 g/mol. The Labute approximate surface area is 151 Å². The van der Waals surface area contributed by atoms with Gasteiger partial charge in [0.25, 0.3) is 5.91 Å². The van der Waals surface area contributed by atoms with Crippen LogP contribution in [0.4, 0.5) is 0 Å². The van der Waals surface area contributed by atoms with Gasteiger partial charge in [-0.2, -0.15) is 5.10 Å². The number of nitrogens with one attached hydrogen (secondary N) is 1. The minimum atomic E-state index is -0.142. The molecule has 1 amide bonds. The molecule has 6 heteroatoms. The molecule has 2 aliphatic carbocycles. The summed E-state index contributed by atoms with van der Waals surface area (Å²) in [7, 11) is 0. The van der Waals surface area contributed by atoms with Gasteiger partial charge in [-0.3, -0.25) is 9.48 Å². The highest BCUT2D eigenvalue weighted by Crippen LogP contribution is 2.44. The van der Waals surface area contributed by atoms with Gasteiger partial charge in [-0.15, -0.1) is 0 Å². The van der Waals surface area contributed by atoms with Crippen LogP contribution >= 0.6 is 23.2 Å². The van der Waals surface area contributed by atoms with Crippen molar-refractivity contribution in [3.8, 4) is 0 Å². The van der Waals surface area contributed by atoms with Crippen LogP contribution in [0, 0.1) is 0 Å². The third-order valence-electron chi connectivity index (χ3n) is 4.61. The van der Waals surface area contributed by atoms with Gasteiger partial charge < -0.3 is 5.32 Å². The number of halogens is 2. The topological polar surface area (TPSA) is 46.9 Å². The van der Waals surface area contributed by atoms with E-state index in [2.05, 4.69) is 16.1 Å². The number of aromatic nitrogens is 2. The van der Waals surface area contributed by atoms with E-state index >= 15 is 0 Å². The summed E-state index contributed by atoms with van der Waals surface area (Å²) in [4.78, 5) is 12.2.